The van der Waals surface area contributed by atoms with Crippen LogP contribution >= 0.6 is 24.0 Å². The van der Waals surface area contributed by atoms with E-state index in [0.717, 1.165) is 34.8 Å². The molecule has 3 rings (SSSR count). The minimum absolute atomic E-state index is 0. The number of aliphatic imine (C=N–C) groups is 1. The van der Waals surface area contributed by atoms with Crippen LogP contribution in [0.5, 0.6) is 17.2 Å². The van der Waals surface area contributed by atoms with Gasteiger partial charge in [-0.1, -0.05) is 12.1 Å². The highest BCUT2D eigenvalue weighted by molar-refractivity contribution is 14.0. The Balaban J connectivity index is 0.00000385. The number of nitrogens with zero attached hydrogens (tertiary/aromatic N) is 1. The van der Waals surface area contributed by atoms with E-state index in [4.69, 9.17) is 14.2 Å². The van der Waals surface area contributed by atoms with Crippen molar-refractivity contribution in [3.8, 4) is 17.2 Å². The fourth-order valence-corrected chi connectivity index (χ4v) is 3.48. The zero-order valence-corrected chi connectivity index (χ0v) is 21.9. The number of methoxy groups -OCH3 is 1. The molecule has 0 radical (unpaired) electrons. The number of amides is 1. The second kappa shape index (κ2) is 13.1. The number of guanidine groups is 1. The number of hydrogen-bond acceptors (Lipinski definition) is 5. The largest absolute Gasteiger partial charge is 0.497 e. The lowest BCUT2D eigenvalue weighted by Crippen LogP contribution is -2.42. The molecule has 0 saturated carbocycles. The van der Waals surface area contributed by atoms with Crippen LogP contribution in [-0.2, 0) is 24.3 Å². The Morgan fingerprint density at radius 3 is 2.58 bits per heavy atom. The van der Waals surface area contributed by atoms with Gasteiger partial charge in [0.2, 0.25) is 5.91 Å². The van der Waals surface area contributed by atoms with Crippen molar-refractivity contribution < 1.29 is 19.0 Å². The normalized spacial score (nSPS) is 14.4. The van der Waals surface area contributed by atoms with Crippen LogP contribution in [0.25, 0.3) is 0 Å². The molecule has 0 spiro atoms. The molecule has 2 aromatic carbocycles. The van der Waals surface area contributed by atoms with Crippen LogP contribution in [0.15, 0.2) is 41.4 Å². The van der Waals surface area contributed by atoms with Crippen molar-refractivity contribution in [2.24, 2.45) is 4.99 Å². The van der Waals surface area contributed by atoms with Gasteiger partial charge in [0, 0.05) is 37.7 Å². The summed E-state index contributed by atoms with van der Waals surface area (Å²) in [7, 11) is 3.29. The fraction of sp³-hybridized carbons (Fsp3) is 0.417. The maximum Gasteiger partial charge on any atom is 0.239 e. The molecular weight excluding hydrogens is 535 g/mol. The molecule has 1 amide bonds. The first kappa shape index (κ1) is 26.6. The summed E-state index contributed by atoms with van der Waals surface area (Å²) in [4.78, 5) is 16.4. The molecule has 0 aromatic heterocycles. The Kier molecular flexibility index (Phi) is 10.6. The molecule has 2 aromatic rings. The molecule has 0 saturated heterocycles. The van der Waals surface area contributed by atoms with Gasteiger partial charge in [0.1, 0.15) is 23.4 Å². The summed E-state index contributed by atoms with van der Waals surface area (Å²) in [5.41, 5.74) is 3.14. The predicted molar refractivity (Wildman–Crippen MR) is 140 cm³/mol. The highest BCUT2D eigenvalue weighted by atomic mass is 127. The number of fused-ring (bicyclic) bond motifs is 1. The third-order valence-electron chi connectivity index (χ3n) is 5.11. The van der Waals surface area contributed by atoms with Crippen LogP contribution in [-0.4, -0.2) is 45.3 Å². The van der Waals surface area contributed by atoms with Gasteiger partial charge >= 0.3 is 0 Å². The topological polar surface area (TPSA) is 93.2 Å². The molecule has 1 atom stereocenters. The van der Waals surface area contributed by atoms with Gasteiger partial charge in [0.05, 0.1) is 20.3 Å². The molecule has 1 aliphatic heterocycles. The number of carbonyl (C=O) groups is 1. The molecule has 33 heavy (non-hydrogen) atoms. The van der Waals surface area contributed by atoms with Crippen molar-refractivity contribution in [1.29, 1.82) is 0 Å². The monoisotopic (exact) mass is 568 g/mol. The highest BCUT2D eigenvalue weighted by Gasteiger charge is 2.22. The minimum atomic E-state index is -0.126. The average molecular weight is 568 g/mol. The molecule has 0 bridgehead atoms. The van der Waals surface area contributed by atoms with Gasteiger partial charge < -0.3 is 30.2 Å². The summed E-state index contributed by atoms with van der Waals surface area (Å²) < 4.78 is 16.8. The van der Waals surface area contributed by atoms with Crippen LogP contribution < -0.4 is 30.2 Å². The van der Waals surface area contributed by atoms with Crippen molar-refractivity contribution >= 4 is 35.8 Å². The van der Waals surface area contributed by atoms with E-state index in [1.54, 1.807) is 14.2 Å². The Bertz CT molecular complexity index is 950. The van der Waals surface area contributed by atoms with E-state index >= 15 is 0 Å². The maximum absolute atomic E-state index is 12.2. The van der Waals surface area contributed by atoms with Crippen molar-refractivity contribution in [2.45, 2.75) is 39.5 Å². The lowest BCUT2D eigenvalue weighted by atomic mass is 10.1. The number of rotatable bonds is 9. The maximum atomic E-state index is 12.2. The van der Waals surface area contributed by atoms with Gasteiger partial charge in [0.25, 0.3) is 0 Å². The molecule has 8 nitrogen and oxygen atoms in total. The number of halogens is 1. The summed E-state index contributed by atoms with van der Waals surface area (Å²) in [5.74, 6) is 2.93. The van der Waals surface area contributed by atoms with Crippen LogP contribution in [0.1, 0.15) is 30.5 Å². The van der Waals surface area contributed by atoms with E-state index in [-0.39, 0.29) is 42.5 Å². The first-order valence-corrected chi connectivity index (χ1v) is 10.8. The van der Waals surface area contributed by atoms with Crippen LogP contribution in [0.3, 0.4) is 0 Å². The fourth-order valence-electron chi connectivity index (χ4n) is 3.48. The zero-order chi connectivity index (χ0) is 22.9. The number of nitrogens with one attached hydrogen (secondary N) is 3. The molecule has 3 N–H and O–H groups in total. The van der Waals surface area contributed by atoms with E-state index in [9.17, 15) is 4.79 Å². The van der Waals surface area contributed by atoms with E-state index in [0.29, 0.717) is 25.7 Å². The van der Waals surface area contributed by atoms with Crippen molar-refractivity contribution in [3.63, 3.8) is 0 Å². The number of ether oxygens (including phenoxy) is 3. The molecule has 1 heterocycles. The van der Waals surface area contributed by atoms with E-state index in [1.807, 2.05) is 37.3 Å². The van der Waals surface area contributed by atoms with Gasteiger partial charge in [-0.25, -0.2) is 0 Å². The van der Waals surface area contributed by atoms with Gasteiger partial charge in [-0.15, -0.1) is 24.0 Å². The smallest absolute Gasteiger partial charge is 0.239 e. The van der Waals surface area contributed by atoms with E-state index in [1.165, 1.54) is 5.56 Å². The average Bonchev–Trinajstić information content (AvgIpc) is 3.17. The Hall–Kier alpha value is -2.69. The van der Waals surface area contributed by atoms with E-state index < -0.39 is 0 Å². The Labute approximate surface area is 212 Å². The highest BCUT2D eigenvalue weighted by Crippen LogP contribution is 2.35. The van der Waals surface area contributed by atoms with Crippen LogP contribution in [0.2, 0.25) is 0 Å². The second-order valence-electron chi connectivity index (χ2n) is 7.54. The summed E-state index contributed by atoms with van der Waals surface area (Å²) in [6.07, 6.45) is 1.06. The van der Waals surface area contributed by atoms with Crippen LogP contribution in [0, 0.1) is 0 Å². The lowest BCUT2D eigenvalue weighted by molar-refractivity contribution is -0.120. The van der Waals surface area contributed by atoms with E-state index in [2.05, 4.69) is 33.9 Å². The summed E-state index contributed by atoms with van der Waals surface area (Å²) in [5, 5.41) is 9.16. The molecule has 1 unspecified atom stereocenters. The number of carbonyl (C=O) groups excluding carboxylic acids is 1. The molecule has 1 aliphatic rings. The summed E-state index contributed by atoms with van der Waals surface area (Å²) in [6.45, 7) is 5.66. The minimum Gasteiger partial charge on any atom is -0.497 e. The van der Waals surface area contributed by atoms with Gasteiger partial charge in [0.15, 0.2) is 5.96 Å². The first-order valence-electron chi connectivity index (χ1n) is 10.8. The SMILES string of the molecule is CCOc1cc2c(cc1CNC(=NC)NCC(=O)NCc1ccc(OC)cc1)OC(C)C2.I. The van der Waals surface area contributed by atoms with Crippen molar-refractivity contribution in [3.05, 3.63) is 53.1 Å². The van der Waals surface area contributed by atoms with Crippen molar-refractivity contribution in [1.82, 2.24) is 16.0 Å². The molecule has 0 aliphatic carbocycles. The Morgan fingerprint density at radius 1 is 1.15 bits per heavy atom. The third-order valence-corrected chi connectivity index (χ3v) is 5.11. The lowest BCUT2D eigenvalue weighted by Gasteiger charge is -2.15. The summed E-state index contributed by atoms with van der Waals surface area (Å²) in [6, 6.07) is 11.7. The van der Waals surface area contributed by atoms with Gasteiger partial charge in [-0.3, -0.25) is 9.79 Å². The van der Waals surface area contributed by atoms with Gasteiger partial charge in [-0.2, -0.15) is 0 Å². The molecular formula is C24H33IN4O4. The molecule has 0 fully saturated rings. The number of benzene rings is 2. The summed E-state index contributed by atoms with van der Waals surface area (Å²) >= 11 is 0. The van der Waals surface area contributed by atoms with Crippen LogP contribution in [0.4, 0.5) is 0 Å². The second-order valence-corrected chi connectivity index (χ2v) is 7.54. The molecule has 9 heteroatoms. The quantitative estimate of drug-likeness (QED) is 0.245. The number of hydrogen-bond donors (Lipinski definition) is 3. The molecule has 180 valence electrons. The zero-order valence-electron chi connectivity index (χ0n) is 19.6. The predicted octanol–water partition coefficient (Wildman–Crippen LogP) is 3.02. The van der Waals surface area contributed by atoms with Crippen molar-refractivity contribution in [2.75, 3.05) is 27.3 Å². The Morgan fingerprint density at radius 2 is 1.91 bits per heavy atom. The first-order chi connectivity index (χ1) is 15.5. The standard InChI is InChI=1S/C24H32N4O4.HI/c1-5-31-21-11-18-10-16(2)32-22(18)12-19(21)14-27-24(25-3)28-15-23(29)26-13-17-6-8-20(30-4)9-7-17;/h6-9,11-12,16H,5,10,13-15H2,1-4H3,(H,26,29)(H2,25,27,28);1H. The van der Waals surface area contributed by atoms with Gasteiger partial charge in [-0.05, 0) is 43.7 Å². The third kappa shape index (κ3) is 7.69.